The molecule has 138 valence electrons. The van der Waals surface area contributed by atoms with E-state index in [1.54, 1.807) is 6.26 Å². The predicted octanol–water partition coefficient (Wildman–Crippen LogP) is 3.30. The number of hydrogen-bond acceptors (Lipinski definition) is 3. The van der Waals surface area contributed by atoms with Crippen LogP contribution >= 0.6 is 24.0 Å². The summed E-state index contributed by atoms with van der Waals surface area (Å²) in [4.78, 5) is 6.84. The van der Waals surface area contributed by atoms with Crippen molar-refractivity contribution in [2.45, 2.75) is 19.4 Å². The van der Waals surface area contributed by atoms with Crippen LogP contribution in [-0.4, -0.2) is 44.6 Å². The molecule has 0 aliphatic rings. The lowest BCUT2D eigenvalue weighted by molar-refractivity contribution is 0.265. The topological polar surface area (TPSA) is 52.8 Å². The van der Waals surface area contributed by atoms with Crippen LogP contribution in [0.2, 0.25) is 0 Å². The van der Waals surface area contributed by atoms with Crippen molar-refractivity contribution in [1.82, 2.24) is 15.5 Å². The molecule has 0 aliphatic carbocycles. The number of aliphatic imine (C=N–C) groups is 1. The highest BCUT2D eigenvalue weighted by molar-refractivity contribution is 14.0. The highest BCUT2D eigenvalue weighted by Crippen LogP contribution is 2.18. The van der Waals surface area contributed by atoms with Crippen LogP contribution in [0.3, 0.4) is 0 Å². The highest BCUT2D eigenvalue weighted by Gasteiger charge is 2.16. The first-order chi connectivity index (χ1) is 11.7. The second kappa shape index (κ2) is 11.9. The van der Waals surface area contributed by atoms with Crippen LogP contribution in [0.4, 0.5) is 0 Å². The first-order valence-electron chi connectivity index (χ1n) is 8.46. The van der Waals surface area contributed by atoms with Crippen LogP contribution in [-0.2, 0) is 6.42 Å². The lowest BCUT2D eigenvalue weighted by Gasteiger charge is -2.21. The van der Waals surface area contributed by atoms with Gasteiger partial charge in [0.05, 0.1) is 18.8 Å². The molecule has 0 fully saturated rings. The maximum Gasteiger partial charge on any atom is 0.191 e. The molecule has 5 nitrogen and oxygen atoms in total. The number of benzene rings is 1. The Morgan fingerprint density at radius 3 is 2.48 bits per heavy atom. The molecule has 1 aromatic heterocycles. The molecule has 1 aromatic carbocycles. The SMILES string of the molecule is CCNC(=NCC(c1ccco1)N(C)C)NCCc1ccccc1.I. The van der Waals surface area contributed by atoms with E-state index >= 15 is 0 Å². The summed E-state index contributed by atoms with van der Waals surface area (Å²) in [7, 11) is 4.08. The second-order valence-corrected chi connectivity index (χ2v) is 5.88. The zero-order valence-electron chi connectivity index (χ0n) is 15.2. The Hall–Kier alpha value is -1.54. The van der Waals surface area contributed by atoms with E-state index in [9.17, 15) is 0 Å². The van der Waals surface area contributed by atoms with Crippen molar-refractivity contribution < 1.29 is 4.42 Å². The minimum absolute atomic E-state index is 0. The molecule has 0 amide bonds. The van der Waals surface area contributed by atoms with Gasteiger partial charge >= 0.3 is 0 Å². The van der Waals surface area contributed by atoms with Gasteiger partial charge in [-0.25, -0.2) is 0 Å². The van der Waals surface area contributed by atoms with Gasteiger partial charge in [0.15, 0.2) is 5.96 Å². The zero-order valence-corrected chi connectivity index (χ0v) is 17.6. The van der Waals surface area contributed by atoms with Gasteiger partial charge in [-0.15, -0.1) is 24.0 Å². The zero-order chi connectivity index (χ0) is 17.2. The normalized spacial score (nSPS) is 12.6. The fraction of sp³-hybridized carbons (Fsp3) is 0.421. The maximum absolute atomic E-state index is 5.54. The van der Waals surface area contributed by atoms with Gasteiger partial charge in [-0.1, -0.05) is 30.3 Å². The third-order valence-electron chi connectivity index (χ3n) is 3.81. The average Bonchev–Trinajstić information content (AvgIpc) is 3.10. The van der Waals surface area contributed by atoms with E-state index in [-0.39, 0.29) is 30.0 Å². The molecule has 2 aromatic rings. The number of rotatable bonds is 8. The maximum atomic E-state index is 5.54. The molecule has 0 aliphatic heterocycles. The molecule has 0 saturated carbocycles. The lowest BCUT2D eigenvalue weighted by Crippen LogP contribution is -2.39. The Kier molecular flexibility index (Phi) is 10.3. The molecule has 0 bridgehead atoms. The van der Waals surface area contributed by atoms with Gasteiger partial charge in [-0.05, 0) is 45.1 Å². The van der Waals surface area contributed by atoms with E-state index in [2.05, 4.69) is 46.7 Å². The second-order valence-electron chi connectivity index (χ2n) is 5.88. The minimum Gasteiger partial charge on any atom is -0.468 e. The molecule has 1 unspecified atom stereocenters. The van der Waals surface area contributed by atoms with Crippen LogP contribution in [0, 0.1) is 0 Å². The fourth-order valence-electron chi connectivity index (χ4n) is 2.48. The van der Waals surface area contributed by atoms with Crippen molar-refractivity contribution in [1.29, 1.82) is 0 Å². The summed E-state index contributed by atoms with van der Waals surface area (Å²) in [6.45, 7) is 4.40. The summed E-state index contributed by atoms with van der Waals surface area (Å²) < 4.78 is 5.54. The molecule has 0 spiro atoms. The molecule has 1 atom stereocenters. The van der Waals surface area contributed by atoms with Crippen molar-refractivity contribution in [3.05, 3.63) is 60.1 Å². The van der Waals surface area contributed by atoms with E-state index in [4.69, 9.17) is 9.41 Å². The minimum atomic E-state index is 0. The van der Waals surface area contributed by atoms with Gasteiger partial charge in [0, 0.05) is 13.1 Å². The molecule has 6 heteroatoms. The number of nitrogens with one attached hydrogen (secondary N) is 2. The summed E-state index contributed by atoms with van der Waals surface area (Å²) in [6.07, 6.45) is 2.68. The summed E-state index contributed by atoms with van der Waals surface area (Å²) in [5.74, 6) is 1.77. The van der Waals surface area contributed by atoms with Crippen molar-refractivity contribution in [2.75, 3.05) is 33.7 Å². The van der Waals surface area contributed by atoms with Crippen molar-refractivity contribution in [3.63, 3.8) is 0 Å². The van der Waals surface area contributed by atoms with Gasteiger partial charge in [-0.3, -0.25) is 9.89 Å². The Morgan fingerprint density at radius 2 is 1.88 bits per heavy atom. The van der Waals surface area contributed by atoms with E-state index in [1.807, 2.05) is 32.3 Å². The van der Waals surface area contributed by atoms with Crippen LogP contribution in [0.25, 0.3) is 0 Å². The van der Waals surface area contributed by atoms with E-state index in [0.29, 0.717) is 6.54 Å². The quantitative estimate of drug-likeness (QED) is 0.364. The standard InChI is InChI=1S/C19H28N4O.HI/c1-4-20-19(21-13-12-16-9-6-5-7-10-16)22-15-17(23(2)3)18-11-8-14-24-18;/h5-11,14,17H,4,12-13,15H2,1-3H3,(H2,20,21,22);1H. The van der Waals surface area contributed by atoms with Crippen LogP contribution in [0.1, 0.15) is 24.3 Å². The Balaban J connectivity index is 0.00000312. The largest absolute Gasteiger partial charge is 0.468 e. The smallest absolute Gasteiger partial charge is 0.191 e. The number of guanidine groups is 1. The Morgan fingerprint density at radius 1 is 1.12 bits per heavy atom. The third kappa shape index (κ3) is 7.48. The number of halogens is 1. The van der Waals surface area contributed by atoms with E-state index in [1.165, 1.54) is 5.56 Å². The van der Waals surface area contributed by atoms with Crippen LogP contribution < -0.4 is 10.6 Å². The molecule has 1 heterocycles. The molecule has 2 N–H and O–H groups in total. The lowest BCUT2D eigenvalue weighted by atomic mass is 10.1. The van der Waals surface area contributed by atoms with E-state index in [0.717, 1.165) is 31.2 Å². The van der Waals surface area contributed by atoms with Crippen molar-refractivity contribution in [2.24, 2.45) is 4.99 Å². The number of nitrogens with zero attached hydrogens (tertiary/aromatic N) is 2. The van der Waals surface area contributed by atoms with Gasteiger partial charge in [0.1, 0.15) is 5.76 Å². The first-order valence-corrected chi connectivity index (χ1v) is 8.46. The monoisotopic (exact) mass is 456 g/mol. The molecule has 0 radical (unpaired) electrons. The summed E-state index contributed by atoms with van der Waals surface area (Å²) >= 11 is 0. The summed E-state index contributed by atoms with van der Waals surface area (Å²) in [5.41, 5.74) is 1.32. The Bertz CT molecular complexity index is 599. The highest BCUT2D eigenvalue weighted by atomic mass is 127. The number of likely N-dealkylation sites (N-methyl/N-ethyl adjacent to an activating group) is 1. The third-order valence-corrected chi connectivity index (χ3v) is 3.81. The average molecular weight is 456 g/mol. The van der Waals surface area contributed by atoms with Gasteiger partial charge < -0.3 is 15.1 Å². The van der Waals surface area contributed by atoms with Crippen molar-refractivity contribution >= 4 is 29.9 Å². The van der Waals surface area contributed by atoms with Gasteiger partial charge in [-0.2, -0.15) is 0 Å². The predicted molar refractivity (Wildman–Crippen MR) is 115 cm³/mol. The van der Waals surface area contributed by atoms with Crippen LogP contribution in [0.15, 0.2) is 58.1 Å². The first kappa shape index (κ1) is 21.5. The van der Waals surface area contributed by atoms with Gasteiger partial charge in [0.2, 0.25) is 0 Å². The summed E-state index contributed by atoms with van der Waals surface area (Å²) in [6, 6.07) is 14.5. The molecule has 25 heavy (non-hydrogen) atoms. The van der Waals surface area contributed by atoms with E-state index < -0.39 is 0 Å². The van der Waals surface area contributed by atoms with Crippen molar-refractivity contribution in [3.8, 4) is 0 Å². The molecule has 2 rings (SSSR count). The number of hydrogen-bond donors (Lipinski definition) is 2. The fourth-order valence-corrected chi connectivity index (χ4v) is 2.48. The Labute approximate surface area is 167 Å². The van der Waals surface area contributed by atoms with Gasteiger partial charge in [0.25, 0.3) is 0 Å². The van der Waals surface area contributed by atoms with Crippen LogP contribution in [0.5, 0.6) is 0 Å². The molecule has 0 saturated heterocycles. The molecular formula is C19H29IN4O. The molecular weight excluding hydrogens is 427 g/mol. The summed E-state index contributed by atoms with van der Waals surface area (Å²) in [5, 5.41) is 6.70. The number of furan rings is 1.